The number of anilines is 1. The molecule has 0 bridgehead atoms. The molecule has 0 spiro atoms. The summed E-state index contributed by atoms with van der Waals surface area (Å²) >= 11 is 5.74. The molecule has 1 aromatic carbocycles. The van der Waals surface area contributed by atoms with Crippen molar-refractivity contribution in [1.29, 1.82) is 0 Å². The maximum atomic E-state index is 11.6. The predicted octanol–water partition coefficient (Wildman–Crippen LogP) is 2.75. The number of hydrogen-bond donors (Lipinski definition) is 1. The Bertz CT molecular complexity index is 514. The van der Waals surface area contributed by atoms with Crippen LogP contribution in [0.1, 0.15) is 0 Å². The lowest BCUT2D eigenvalue weighted by Gasteiger charge is -2.07. The van der Waals surface area contributed by atoms with E-state index in [0.717, 1.165) is 0 Å². The van der Waals surface area contributed by atoms with E-state index in [-0.39, 0.29) is 12.5 Å². The minimum absolute atomic E-state index is 0.0516. The molecule has 0 aliphatic rings. The van der Waals surface area contributed by atoms with Gasteiger partial charge in [0.2, 0.25) is 0 Å². The number of amides is 1. The van der Waals surface area contributed by atoms with Crippen LogP contribution in [0.25, 0.3) is 0 Å². The molecular formula is C13H11ClN2O2. The zero-order valence-corrected chi connectivity index (χ0v) is 10.2. The number of carbonyl (C=O) groups excluding carboxylic acids is 1. The molecule has 0 saturated heterocycles. The fraction of sp³-hybridized carbons (Fsp3) is 0.0769. The van der Waals surface area contributed by atoms with Crippen molar-refractivity contribution in [2.75, 3.05) is 11.9 Å². The maximum Gasteiger partial charge on any atom is 0.262 e. The summed E-state index contributed by atoms with van der Waals surface area (Å²) in [5, 5.41) is 3.32. The van der Waals surface area contributed by atoms with Gasteiger partial charge in [-0.3, -0.25) is 9.78 Å². The van der Waals surface area contributed by atoms with Gasteiger partial charge in [-0.2, -0.15) is 0 Å². The van der Waals surface area contributed by atoms with Crippen molar-refractivity contribution in [2.24, 2.45) is 0 Å². The van der Waals surface area contributed by atoms with Gasteiger partial charge in [-0.1, -0.05) is 11.6 Å². The fourth-order valence-electron chi connectivity index (χ4n) is 1.31. The first kappa shape index (κ1) is 12.4. The molecule has 0 unspecified atom stereocenters. The largest absolute Gasteiger partial charge is 0.484 e. The second kappa shape index (κ2) is 6.02. The van der Waals surface area contributed by atoms with Crippen LogP contribution in [0, 0.1) is 0 Å². The Labute approximate surface area is 110 Å². The number of hydrogen-bond acceptors (Lipinski definition) is 3. The Morgan fingerprint density at radius 3 is 2.50 bits per heavy atom. The van der Waals surface area contributed by atoms with Gasteiger partial charge in [-0.25, -0.2) is 0 Å². The Kier molecular flexibility index (Phi) is 4.15. The number of nitrogens with zero attached hydrogens (tertiary/aromatic N) is 1. The van der Waals surface area contributed by atoms with Crippen LogP contribution in [0.4, 0.5) is 5.69 Å². The SMILES string of the molecule is O=C(COc1ccc(Cl)cc1)Nc1ccncc1. The van der Waals surface area contributed by atoms with Gasteiger partial charge in [0.05, 0.1) is 0 Å². The minimum atomic E-state index is -0.226. The van der Waals surface area contributed by atoms with E-state index < -0.39 is 0 Å². The zero-order valence-electron chi connectivity index (χ0n) is 9.47. The maximum absolute atomic E-state index is 11.6. The van der Waals surface area contributed by atoms with Crippen LogP contribution in [0.2, 0.25) is 5.02 Å². The molecule has 18 heavy (non-hydrogen) atoms. The van der Waals surface area contributed by atoms with E-state index in [9.17, 15) is 4.79 Å². The summed E-state index contributed by atoms with van der Waals surface area (Å²) in [6, 6.07) is 10.2. The van der Waals surface area contributed by atoms with Crippen molar-refractivity contribution in [3.05, 3.63) is 53.8 Å². The Balaban J connectivity index is 1.83. The van der Waals surface area contributed by atoms with Gasteiger partial charge in [0.1, 0.15) is 5.75 Å². The van der Waals surface area contributed by atoms with Crippen LogP contribution in [0.5, 0.6) is 5.75 Å². The summed E-state index contributed by atoms with van der Waals surface area (Å²) in [4.78, 5) is 15.4. The van der Waals surface area contributed by atoms with E-state index in [4.69, 9.17) is 16.3 Å². The average Bonchev–Trinajstić information content (AvgIpc) is 2.39. The average molecular weight is 263 g/mol. The molecule has 92 valence electrons. The highest BCUT2D eigenvalue weighted by Crippen LogP contribution is 2.15. The monoisotopic (exact) mass is 262 g/mol. The van der Waals surface area contributed by atoms with Gasteiger partial charge in [-0.15, -0.1) is 0 Å². The Morgan fingerprint density at radius 1 is 1.17 bits per heavy atom. The molecule has 2 rings (SSSR count). The quantitative estimate of drug-likeness (QED) is 0.922. The molecule has 5 heteroatoms. The number of halogens is 1. The van der Waals surface area contributed by atoms with E-state index in [0.29, 0.717) is 16.5 Å². The Hall–Kier alpha value is -2.07. The molecule has 0 saturated carbocycles. The van der Waals surface area contributed by atoms with Gasteiger partial charge in [-0.05, 0) is 36.4 Å². The van der Waals surface area contributed by atoms with Crippen LogP contribution < -0.4 is 10.1 Å². The van der Waals surface area contributed by atoms with Gasteiger partial charge >= 0.3 is 0 Å². The van der Waals surface area contributed by atoms with Gasteiger partial charge in [0.25, 0.3) is 5.91 Å². The smallest absolute Gasteiger partial charge is 0.262 e. The normalized spacial score (nSPS) is 9.83. The number of ether oxygens (including phenoxy) is 1. The number of carbonyl (C=O) groups is 1. The summed E-state index contributed by atoms with van der Waals surface area (Å²) in [5.41, 5.74) is 0.690. The molecular weight excluding hydrogens is 252 g/mol. The summed E-state index contributed by atoms with van der Waals surface area (Å²) < 4.78 is 5.31. The fourth-order valence-corrected chi connectivity index (χ4v) is 1.44. The lowest BCUT2D eigenvalue weighted by atomic mass is 10.3. The van der Waals surface area contributed by atoms with Crippen molar-refractivity contribution in [3.63, 3.8) is 0 Å². The molecule has 0 atom stereocenters. The number of aromatic nitrogens is 1. The summed E-state index contributed by atoms with van der Waals surface area (Å²) in [6.07, 6.45) is 3.21. The van der Waals surface area contributed by atoms with E-state index in [1.54, 1.807) is 48.8 Å². The van der Waals surface area contributed by atoms with Gasteiger partial charge in [0, 0.05) is 23.1 Å². The van der Waals surface area contributed by atoms with E-state index in [1.165, 1.54) is 0 Å². The lowest BCUT2D eigenvalue weighted by molar-refractivity contribution is -0.118. The molecule has 0 aliphatic carbocycles. The lowest BCUT2D eigenvalue weighted by Crippen LogP contribution is -2.20. The van der Waals surface area contributed by atoms with Gasteiger partial charge < -0.3 is 10.1 Å². The molecule has 1 N–H and O–H groups in total. The first-order valence-corrected chi connectivity index (χ1v) is 5.70. The first-order valence-electron chi connectivity index (χ1n) is 5.32. The van der Waals surface area contributed by atoms with Crippen molar-refractivity contribution in [1.82, 2.24) is 4.98 Å². The third-order valence-electron chi connectivity index (χ3n) is 2.15. The Morgan fingerprint density at radius 2 is 1.83 bits per heavy atom. The van der Waals surface area contributed by atoms with Crippen LogP contribution >= 0.6 is 11.6 Å². The number of benzene rings is 1. The molecule has 0 aliphatic heterocycles. The van der Waals surface area contributed by atoms with Crippen LogP contribution in [0.15, 0.2) is 48.8 Å². The highest BCUT2D eigenvalue weighted by molar-refractivity contribution is 6.30. The molecule has 0 fully saturated rings. The molecule has 2 aromatic rings. The second-order valence-electron chi connectivity index (χ2n) is 3.53. The zero-order chi connectivity index (χ0) is 12.8. The third kappa shape index (κ3) is 3.75. The summed E-state index contributed by atoms with van der Waals surface area (Å²) in [6.45, 7) is -0.0516. The minimum Gasteiger partial charge on any atom is -0.484 e. The third-order valence-corrected chi connectivity index (χ3v) is 2.40. The molecule has 4 nitrogen and oxygen atoms in total. The predicted molar refractivity (Wildman–Crippen MR) is 69.8 cm³/mol. The van der Waals surface area contributed by atoms with Crippen LogP contribution in [-0.2, 0) is 4.79 Å². The molecule has 1 amide bonds. The van der Waals surface area contributed by atoms with Crippen molar-refractivity contribution in [2.45, 2.75) is 0 Å². The molecule has 1 heterocycles. The van der Waals surface area contributed by atoms with Crippen molar-refractivity contribution >= 4 is 23.2 Å². The second-order valence-corrected chi connectivity index (χ2v) is 3.96. The van der Waals surface area contributed by atoms with Gasteiger partial charge in [0.15, 0.2) is 6.61 Å². The van der Waals surface area contributed by atoms with Crippen LogP contribution in [0.3, 0.4) is 0 Å². The highest BCUT2D eigenvalue weighted by atomic mass is 35.5. The molecule has 1 aromatic heterocycles. The van der Waals surface area contributed by atoms with Crippen molar-refractivity contribution < 1.29 is 9.53 Å². The number of pyridine rings is 1. The molecule has 0 radical (unpaired) electrons. The summed E-state index contributed by atoms with van der Waals surface area (Å²) in [5.74, 6) is 0.375. The van der Waals surface area contributed by atoms with E-state index in [2.05, 4.69) is 10.3 Å². The number of nitrogens with one attached hydrogen (secondary N) is 1. The van der Waals surface area contributed by atoms with E-state index in [1.807, 2.05) is 0 Å². The standard InChI is InChI=1S/C13H11ClN2O2/c14-10-1-3-12(4-2-10)18-9-13(17)16-11-5-7-15-8-6-11/h1-8H,9H2,(H,15,16,17). The highest BCUT2D eigenvalue weighted by Gasteiger charge is 2.03. The van der Waals surface area contributed by atoms with E-state index >= 15 is 0 Å². The number of rotatable bonds is 4. The van der Waals surface area contributed by atoms with Crippen LogP contribution in [-0.4, -0.2) is 17.5 Å². The summed E-state index contributed by atoms with van der Waals surface area (Å²) in [7, 11) is 0. The first-order chi connectivity index (χ1) is 8.74. The topological polar surface area (TPSA) is 51.2 Å². The van der Waals surface area contributed by atoms with Crippen molar-refractivity contribution in [3.8, 4) is 5.75 Å².